The highest BCUT2D eigenvalue weighted by atomic mass is 127. The minimum absolute atomic E-state index is 0.521. The SMILES string of the molecule is COc1ccc(CC(C)(O)C#CI)cc1. The van der Waals surface area contributed by atoms with E-state index < -0.39 is 5.60 Å². The van der Waals surface area contributed by atoms with Crippen LogP contribution < -0.4 is 4.74 Å². The average Bonchev–Trinajstić information content (AvgIpc) is 2.18. The van der Waals surface area contributed by atoms with Crippen LogP contribution in [0.5, 0.6) is 5.75 Å². The van der Waals surface area contributed by atoms with Crippen molar-refractivity contribution in [3.8, 4) is 15.6 Å². The lowest BCUT2D eigenvalue weighted by atomic mass is 9.97. The molecule has 1 N–H and O–H groups in total. The van der Waals surface area contributed by atoms with Gasteiger partial charge in [-0.25, -0.2) is 0 Å². The first-order valence-corrected chi connectivity index (χ1v) is 5.63. The fourth-order valence-electron chi connectivity index (χ4n) is 1.29. The van der Waals surface area contributed by atoms with Gasteiger partial charge in [0, 0.05) is 29.0 Å². The predicted octanol–water partition coefficient (Wildman–Crippen LogP) is 2.38. The summed E-state index contributed by atoms with van der Waals surface area (Å²) in [5.41, 5.74) is 0.0791. The minimum Gasteiger partial charge on any atom is -0.497 e. The normalized spacial score (nSPS) is 13.6. The number of hydrogen-bond donors (Lipinski definition) is 1. The van der Waals surface area contributed by atoms with Crippen molar-refractivity contribution >= 4 is 22.6 Å². The van der Waals surface area contributed by atoms with Gasteiger partial charge in [0.25, 0.3) is 0 Å². The van der Waals surface area contributed by atoms with Crippen LogP contribution in [0.3, 0.4) is 0 Å². The highest BCUT2D eigenvalue weighted by Crippen LogP contribution is 2.16. The Balaban J connectivity index is 2.75. The molecule has 0 aliphatic heterocycles. The lowest BCUT2D eigenvalue weighted by Crippen LogP contribution is -2.24. The van der Waals surface area contributed by atoms with Crippen molar-refractivity contribution in [1.29, 1.82) is 0 Å². The van der Waals surface area contributed by atoms with Gasteiger partial charge in [-0.1, -0.05) is 18.1 Å². The monoisotopic (exact) mass is 316 g/mol. The highest BCUT2D eigenvalue weighted by Gasteiger charge is 2.17. The molecule has 0 fully saturated rings. The van der Waals surface area contributed by atoms with Crippen LogP contribution in [0.25, 0.3) is 0 Å². The van der Waals surface area contributed by atoms with Gasteiger partial charge in [-0.2, -0.15) is 0 Å². The third kappa shape index (κ3) is 4.10. The summed E-state index contributed by atoms with van der Waals surface area (Å²) in [6.45, 7) is 1.71. The van der Waals surface area contributed by atoms with E-state index in [4.69, 9.17) is 4.74 Å². The molecule has 0 aliphatic rings. The Labute approximate surface area is 104 Å². The summed E-state index contributed by atoms with van der Waals surface area (Å²) in [7, 11) is 1.63. The second kappa shape index (κ2) is 5.38. The zero-order chi connectivity index (χ0) is 11.3. The molecule has 2 nitrogen and oxygen atoms in total. The van der Waals surface area contributed by atoms with Gasteiger partial charge in [-0.3, -0.25) is 0 Å². The average molecular weight is 316 g/mol. The Morgan fingerprint density at radius 2 is 2.00 bits per heavy atom. The van der Waals surface area contributed by atoms with Gasteiger partial charge in [0.15, 0.2) is 0 Å². The van der Waals surface area contributed by atoms with Crippen molar-refractivity contribution in [2.24, 2.45) is 0 Å². The van der Waals surface area contributed by atoms with E-state index in [1.54, 1.807) is 14.0 Å². The van der Waals surface area contributed by atoms with Crippen molar-refractivity contribution in [1.82, 2.24) is 0 Å². The van der Waals surface area contributed by atoms with Crippen molar-refractivity contribution in [2.45, 2.75) is 18.9 Å². The Bertz CT molecular complexity index is 371. The molecule has 0 aliphatic carbocycles. The summed E-state index contributed by atoms with van der Waals surface area (Å²) in [5.74, 6) is 3.58. The molecular weight excluding hydrogens is 303 g/mol. The van der Waals surface area contributed by atoms with E-state index in [9.17, 15) is 5.11 Å². The number of rotatable bonds is 3. The molecule has 0 saturated heterocycles. The lowest BCUT2D eigenvalue weighted by Gasteiger charge is -2.16. The molecule has 3 heteroatoms. The number of halogens is 1. The molecule has 0 aromatic heterocycles. The Kier molecular flexibility index (Phi) is 4.43. The first-order chi connectivity index (χ1) is 7.07. The molecular formula is C12H13IO2. The molecule has 1 aromatic carbocycles. The molecule has 0 amide bonds. The largest absolute Gasteiger partial charge is 0.497 e. The van der Waals surface area contributed by atoms with Crippen LogP contribution in [0.15, 0.2) is 24.3 Å². The highest BCUT2D eigenvalue weighted by molar-refractivity contribution is 14.1. The Hall–Kier alpha value is -0.730. The quantitative estimate of drug-likeness (QED) is 0.685. The summed E-state index contributed by atoms with van der Waals surface area (Å²) in [6, 6.07) is 7.62. The summed E-state index contributed by atoms with van der Waals surface area (Å²) < 4.78 is 7.75. The zero-order valence-electron chi connectivity index (χ0n) is 8.75. The molecule has 80 valence electrons. The third-order valence-corrected chi connectivity index (χ3v) is 2.29. The van der Waals surface area contributed by atoms with E-state index in [-0.39, 0.29) is 0 Å². The van der Waals surface area contributed by atoms with Crippen LogP contribution >= 0.6 is 22.6 Å². The maximum atomic E-state index is 9.88. The van der Waals surface area contributed by atoms with Crippen LogP contribution in [0.2, 0.25) is 0 Å². The fraction of sp³-hybridized carbons (Fsp3) is 0.333. The summed E-state index contributed by atoms with van der Waals surface area (Å²) in [5, 5.41) is 9.88. The molecule has 0 radical (unpaired) electrons. The minimum atomic E-state index is -0.963. The van der Waals surface area contributed by atoms with Gasteiger partial charge < -0.3 is 9.84 Å². The van der Waals surface area contributed by atoms with E-state index >= 15 is 0 Å². The van der Waals surface area contributed by atoms with Crippen LogP contribution in [-0.4, -0.2) is 17.8 Å². The number of hydrogen-bond acceptors (Lipinski definition) is 2. The van der Waals surface area contributed by atoms with E-state index in [1.165, 1.54) is 0 Å². The van der Waals surface area contributed by atoms with Crippen LogP contribution in [0.1, 0.15) is 12.5 Å². The number of aliphatic hydroxyl groups is 1. The van der Waals surface area contributed by atoms with E-state index in [0.717, 1.165) is 11.3 Å². The molecule has 0 saturated carbocycles. The number of methoxy groups -OCH3 is 1. The smallest absolute Gasteiger partial charge is 0.127 e. The van der Waals surface area contributed by atoms with Gasteiger partial charge >= 0.3 is 0 Å². The standard InChI is InChI=1S/C12H13IO2/c1-12(14,7-8-13)9-10-3-5-11(15-2)6-4-10/h3-6,14H,9H2,1-2H3. The van der Waals surface area contributed by atoms with Gasteiger partial charge in [0.2, 0.25) is 0 Å². The van der Waals surface area contributed by atoms with Crippen molar-refractivity contribution < 1.29 is 9.84 Å². The number of ether oxygens (including phenoxy) is 1. The van der Waals surface area contributed by atoms with Gasteiger partial charge in [-0.15, -0.1) is 0 Å². The first-order valence-electron chi connectivity index (χ1n) is 4.55. The van der Waals surface area contributed by atoms with E-state index in [0.29, 0.717) is 6.42 Å². The van der Waals surface area contributed by atoms with Gasteiger partial charge in [-0.05, 0) is 28.5 Å². The van der Waals surface area contributed by atoms with E-state index in [2.05, 4.69) is 9.85 Å². The molecule has 1 aromatic rings. The maximum absolute atomic E-state index is 9.88. The first kappa shape index (κ1) is 12.3. The van der Waals surface area contributed by atoms with E-state index in [1.807, 2.05) is 46.9 Å². The maximum Gasteiger partial charge on any atom is 0.127 e. The summed E-state index contributed by atoms with van der Waals surface area (Å²) in [4.78, 5) is 0. The molecule has 0 spiro atoms. The summed E-state index contributed by atoms with van der Waals surface area (Å²) >= 11 is 1.93. The van der Waals surface area contributed by atoms with Crippen LogP contribution in [0, 0.1) is 9.85 Å². The predicted molar refractivity (Wildman–Crippen MR) is 69.1 cm³/mol. The molecule has 1 atom stereocenters. The second-order valence-electron chi connectivity index (χ2n) is 3.52. The van der Waals surface area contributed by atoms with Crippen molar-refractivity contribution in [3.63, 3.8) is 0 Å². The zero-order valence-corrected chi connectivity index (χ0v) is 10.9. The third-order valence-electron chi connectivity index (χ3n) is 2.02. The topological polar surface area (TPSA) is 29.5 Å². The molecule has 0 heterocycles. The molecule has 1 unspecified atom stereocenters. The van der Waals surface area contributed by atoms with Crippen LogP contribution in [0.4, 0.5) is 0 Å². The van der Waals surface area contributed by atoms with Crippen molar-refractivity contribution in [2.75, 3.05) is 7.11 Å². The fourth-order valence-corrected chi connectivity index (χ4v) is 1.87. The Morgan fingerprint density at radius 3 is 2.47 bits per heavy atom. The molecule has 0 bridgehead atoms. The molecule has 1 rings (SSSR count). The lowest BCUT2D eigenvalue weighted by molar-refractivity contribution is 0.123. The van der Waals surface area contributed by atoms with Crippen molar-refractivity contribution in [3.05, 3.63) is 29.8 Å². The second-order valence-corrected chi connectivity index (χ2v) is 4.06. The van der Waals surface area contributed by atoms with Crippen LogP contribution in [-0.2, 0) is 6.42 Å². The van der Waals surface area contributed by atoms with Gasteiger partial charge in [0.05, 0.1) is 7.11 Å². The van der Waals surface area contributed by atoms with Gasteiger partial charge in [0.1, 0.15) is 11.4 Å². The Morgan fingerprint density at radius 1 is 1.40 bits per heavy atom. The summed E-state index contributed by atoms with van der Waals surface area (Å²) in [6.07, 6.45) is 0.521. The molecule has 15 heavy (non-hydrogen) atoms. The number of benzene rings is 1.